The number of phenols is 1. The lowest BCUT2D eigenvalue weighted by atomic mass is 9.79. The van der Waals surface area contributed by atoms with Crippen molar-refractivity contribution in [3.63, 3.8) is 0 Å². The second-order valence-corrected chi connectivity index (χ2v) is 29.5. The van der Waals surface area contributed by atoms with E-state index in [9.17, 15) is 5.11 Å². The number of nitrogens with zero attached hydrogens (tertiary/aromatic N) is 4. The predicted molar refractivity (Wildman–Crippen MR) is 354 cm³/mol. The summed E-state index contributed by atoms with van der Waals surface area (Å²) < 4.78 is 4.80. The summed E-state index contributed by atoms with van der Waals surface area (Å²) in [5, 5.41) is 15.3. The van der Waals surface area contributed by atoms with Crippen LogP contribution in [0.5, 0.6) is 5.75 Å². The van der Waals surface area contributed by atoms with Crippen molar-refractivity contribution in [2.45, 2.75) is 157 Å². The van der Waals surface area contributed by atoms with E-state index in [-0.39, 0.29) is 38.2 Å². The molecule has 0 spiro atoms. The molecule has 0 bridgehead atoms. The Kier molecular flexibility index (Phi) is 13.8. The maximum absolute atomic E-state index is 12.8. The van der Waals surface area contributed by atoms with Gasteiger partial charge in [0, 0.05) is 50.5 Å². The molecule has 83 heavy (non-hydrogen) atoms. The number of hydrogen-bond acceptors (Lipinski definition) is 3. The van der Waals surface area contributed by atoms with Crippen LogP contribution in [-0.2, 0) is 32.5 Å². The van der Waals surface area contributed by atoms with E-state index in [1.165, 1.54) is 49.6 Å². The summed E-state index contributed by atoms with van der Waals surface area (Å²) in [5.74, 6) is 0.946. The van der Waals surface area contributed by atoms with Crippen LogP contribution in [0, 0.1) is 0 Å². The van der Waals surface area contributed by atoms with Crippen LogP contribution in [0.2, 0.25) is 0 Å². The maximum atomic E-state index is 12.8. The van der Waals surface area contributed by atoms with E-state index in [1.54, 1.807) is 0 Å². The second kappa shape index (κ2) is 20.1. The molecule has 11 aromatic rings. The van der Waals surface area contributed by atoms with E-state index < -0.39 is 0 Å². The van der Waals surface area contributed by atoms with Crippen LogP contribution in [0.1, 0.15) is 158 Å². The van der Waals surface area contributed by atoms with E-state index in [1.807, 2.05) is 6.20 Å². The first-order valence-corrected chi connectivity index (χ1v) is 29.8. The van der Waals surface area contributed by atoms with Crippen molar-refractivity contribution in [3.8, 4) is 73.2 Å². The van der Waals surface area contributed by atoms with Gasteiger partial charge in [-0.3, -0.25) is 9.55 Å². The monoisotopic (exact) mass is 1090 g/mol. The third-order valence-electron chi connectivity index (χ3n) is 17.0. The van der Waals surface area contributed by atoms with Crippen molar-refractivity contribution < 1.29 is 5.11 Å². The Morgan fingerprint density at radius 1 is 0.361 bits per heavy atom. The number of aromatic hydroxyl groups is 1. The van der Waals surface area contributed by atoms with E-state index in [0.29, 0.717) is 11.4 Å². The van der Waals surface area contributed by atoms with Gasteiger partial charge in [-0.1, -0.05) is 216 Å². The van der Waals surface area contributed by atoms with Gasteiger partial charge in [0.2, 0.25) is 0 Å². The molecule has 0 aliphatic rings. The SMILES string of the molecule is CC(C)(C)c1cc(-c2cc(-c3cc(C(C)(C)C)cc4c5cc(C(C)(C)C)ccc5n(-c5ccccc5)c34)ccn2)cc(-c2cccc3c2nc(-c2cc(C(C)(C)C)cc(C(C)(C)C)c2O)n3-c2cc(C(C)(C)C)ccc2-c2ccccc2)c1. The smallest absolute Gasteiger partial charge is 0.149 e. The van der Waals surface area contributed by atoms with E-state index in [0.717, 1.165) is 72.6 Å². The molecule has 0 radical (unpaired) electrons. The Hall–Kier alpha value is -8.02. The fraction of sp³-hybridized carbons (Fsp3) is 0.308. The highest BCUT2D eigenvalue weighted by molar-refractivity contribution is 6.14. The molecule has 1 N–H and O–H groups in total. The quantitative estimate of drug-likeness (QED) is 0.173. The molecular weight excluding hydrogens is 1010 g/mol. The summed E-state index contributed by atoms with van der Waals surface area (Å²) in [4.78, 5) is 11.1. The topological polar surface area (TPSA) is 55.9 Å². The zero-order chi connectivity index (χ0) is 59.5. The zero-order valence-electron chi connectivity index (χ0n) is 52.5. The minimum Gasteiger partial charge on any atom is -0.507 e. The minimum atomic E-state index is -0.351. The van der Waals surface area contributed by atoms with Gasteiger partial charge in [0.05, 0.1) is 39.0 Å². The lowest BCUT2D eigenvalue weighted by Gasteiger charge is -2.28. The molecule has 0 atom stereocenters. The number of aromatic nitrogens is 4. The average molecular weight is 1090 g/mol. The highest BCUT2D eigenvalue weighted by Gasteiger charge is 2.31. The number of benzene rings is 8. The number of hydrogen-bond donors (Lipinski definition) is 1. The summed E-state index contributed by atoms with van der Waals surface area (Å²) in [7, 11) is 0. The molecule has 8 aromatic carbocycles. The fourth-order valence-electron chi connectivity index (χ4n) is 11.8. The highest BCUT2D eigenvalue weighted by atomic mass is 16.3. The summed E-state index contributed by atoms with van der Waals surface area (Å²) in [6.07, 6.45) is 1.99. The van der Waals surface area contributed by atoms with Gasteiger partial charge in [0.25, 0.3) is 0 Å². The van der Waals surface area contributed by atoms with Crippen LogP contribution < -0.4 is 0 Å². The number of imidazole rings is 1. The molecule has 5 heteroatoms. The molecule has 422 valence electrons. The Morgan fingerprint density at radius 3 is 1.57 bits per heavy atom. The van der Waals surface area contributed by atoms with Crippen molar-refractivity contribution in [3.05, 3.63) is 209 Å². The second-order valence-electron chi connectivity index (χ2n) is 29.5. The first-order valence-electron chi connectivity index (χ1n) is 29.8. The van der Waals surface area contributed by atoms with Gasteiger partial charge in [-0.2, -0.15) is 0 Å². The van der Waals surface area contributed by atoms with Crippen LogP contribution in [0.15, 0.2) is 176 Å². The Bertz CT molecular complexity index is 4300. The summed E-state index contributed by atoms with van der Waals surface area (Å²) in [6.45, 7) is 40.8. The first kappa shape index (κ1) is 56.8. The van der Waals surface area contributed by atoms with Crippen molar-refractivity contribution in [1.82, 2.24) is 19.1 Å². The van der Waals surface area contributed by atoms with Crippen molar-refractivity contribution in [1.29, 1.82) is 0 Å². The van der Waals surface area contributed by atoms with Gasteiger partial charge >= 0.3 is 0 Å². The van der Waals surface area contributed by atoms with Crippen LogP contribution in [0.4, 0.5) is 0 Å². The molecule has 3 aromatic heterocycles. The third-order valence-corrected chi connectivity index (χ3v) is 17.0. The average Bonchev–Trinajstić information content (AvgIpc) is 1.91. The van der Waals surface area contributed by atoms with Gasteiger partial charge in [0.1, 0.15) is 11.6 Å². The number of pyridine rings is 1. The molecule has 3 heterocycles. The largest absolute Gasteiger partial charge is 0.507 e. The molecule has 0 amide bonds. The minimum absolute atomic E-state index is 0.0186. The highest BCUT2D eigenvalue weighted by Crippen LogP contribution is 2.48. The number of phenolic OH excluding ortho intramolecular Hbond substituents is 1. The van der Waals surface area contributed by atoms with Gasteiger partial charge < -0.3 is 9.67 Å². The van der Waals surface area contributed by atoms with E-state index in [4.69, 9.17) is 9.97 Å². The standard InChI is InChI=1S/C78H84N4O/c1-73(2,3)52-33-35-66-61(42-52)62-44-55(76(10,11)12)43-60(70(62)81(66)57-28-23-20-24-29-57)49-36-37-79-65(41-49)51-38-50(39-54(40-51)75(7,8)9)59-30-25-31-67-69(59)80-72(63-45-56(77(13,14)15)46-64(71(63)83)78(16,17)18)82(67)68-47-53(74(4,5)6)32-34-58(68)48-26-21-19-22-27-48/h19-47,83H,1-18H3. The zero-order valence-corrected chi connectivity index (χ0v) is 52.5. The Labute approximate surface area is 494 Å². The Balaban J connectivity index is 1.19. The molecule has 0 aliphatic carbocycles. The van der Waals surface area contributed by atoms with Crippen molar-refractivity contribution >= 4 is 32.8 Å². The lowest BCUT2D eigenvalue weighted by Crippen LogP contribution is -2.17. The van der Waals surface area contributed by atoms with Crippen LogP contribution in [0.25, 0.3) is 100 Å². The number of rotatable bonds is 7. The normalized spacial score (nSPS) is 13.0. The maximum Gasteiger partial charge on any atom is 0.149 e. The van der Waals surface area contributed by atoms with E-state index >= 15 is 0 Å². The van der Waals surface area contributed by atoms with Gasteiger partial charge in [-0.15, -0.1) is 0 Å². The Morgan fingerprint density at radius 2 is 0.928 bits per heavy atom. The first-order chi connectivity index (χ1) is 38.9. The molecular formula is C78H84N4O. The molecule has 0 saturated heterocycles. The fourth-order valence-corrected chi connectivity index (χ4v) is 11.8. The predicted octanol–water partition coefficient (Wildman–Crippen LogP) is 21.3. The van der Waals surface area contributed by atoms with Crippen LogP contribution in [0.3, 0.4) is 0 Å². The molecule has 0 saturated carbocycles. The molecule has 0 fully saturated rings. The van der Waals surface area contributed by atoms with Crippen LogP contribution in [-0.4, -0.2) is 24.2 Å². The lowest BCUT2D eigenvalue weighted by molar-refractivity contribution is 0.446. The number of para-hydroxylation sites is 2. The van der Waals surface area contributed by atoms with Crippen molar-refractivity contribution in [2.75, 3.05) is 0 Å². The molecule has 0 unspecified atom stereocenters. The van der Waals surface area contributed by atoms with Gasteiger partial charge in [-0.05, 0) is 156 Å². The molecule has 11 rings (SSSR count). The van der Waals surface area contributed by atoms with Gasteiger partial charge in [0.15, 0.2) is 0 Å². The summed E-state index contributed by atoms with van der Waals surface area (Å²) in [6, 6.07) is 62.8. The third kappa shape index (κ3) is 10.6. The molecule has 5 nitrogen and oxygen atoms in total. The summed E-state index contributed by atoms with van der Waals surface area (Å²) >= 11 is 0. The van der Waals surface area contributed by atoms with Crippen LogP contribution >= 0.6 is 0 Å². The van der Waals surface area contributed by atoms with E-state index in [2.05, 4.69) is 304 Å². The van der Waals surface area contributed by atoms with Crippen molar-refractivity contribution in [2.24, 2.45) is 0 Å². The van der Waals surface area contributed by atoms with Gasteiger partial charge in [-0.25, -0.2) is 4.98 Å². The molecule has 0 aliphatic heterocycles. The number of fused-ring (bicyclic) bond motifs is 4. The summed E-state index contributed by atoms with van der Waals surface area (Å²) in [5.41, 5.74) is 21.4.